The van der Waals surface area contributed by atoms with E-state index in [-0.39, 0.29) is 0 Å². The van der Waals surface area contributed by atoms with E-state index >= 15 is 0 Å². The molecule has 0 bridgehead atoms. The molecule has 0 radical (unpaired) electrons. The standard InChI is InChI=1S/C19H24N2.C3H8/c1-13(2)11-16-7-5-6-8-18(16)15(4)21-19-10-9-17(20)12-14(19)3;1-3-2/h5-10,12-13,21H,4,11,20H2,1-3H3;3H2,1-2H3. The Bertz CT molecular complexity index is 657. The van der Waals surface area contributed by atoms with E-state index in [1.54, 1.807) is 0 Å². The summed E-state index contributed by atoms with van der Waals surface area (Å²) in [6.45, 7) is 15.0. The van der Waals surface area contributed by atoms with Gasteiger partial charge in [0.1, 0.15) is 0 Å². The number of hydrogen-bond donors (Lipinski definition) is 2. The van der Waals surface area contributed by atoms with Crippen LogP contribution < -0.4 is 11.1 Å². The van der Waals surface area contributed by atoms with Crippen molar-refractivity contribution in [1.82, 2.24) is 0 Å². The van der Waals surface area contributed by atoms with Crippen LogP contribution in [0.4, 0.5) is 11.4 Å². The molecule has 2 aromatic rings. The first-order valence-corrected chi connectivity index (χ1v) is 8.79. The fourth-order valence-corrected chi connectivity index (χ4v) is 2.49. The SMILES string of the molecule is C=C(Nc1ccc(N)cc1C)c1ccccc1CC(C)C.CCC. The van der Waals surface area contributed by atoms with Crippen LogP contribution in [-0.2, 0) is 6.42 Å². The molecule has 24 heavy (non-hydrogen) atoms. The molecule has 2 heteroatoms. The Kier molecular flexibility index (Phi) is 8.11. The molecule has 0 spiro atoms. The Morgan fingerprint density at radius 3 is 2.33 bits per heavy atom. The maximum absolute atomic E-state index is 5.80. The van der Waals surface area contributed by atoms with Crippen LogP contribution in [0.25, 0.3) is 5.70 Å². The van der Waals surface area contributed by atoms with Crippen molar-refractivity contribution in [1.29, 1.82) is 0 Å². The number of rotatable bonds is 5. The number of anilines is 2. The van der Waals surface area contributed by atoms with Gasteiger partial charge in [0.2, 0.25) is 0 Å². The number of aryl methyl sites for hydroxylation is 1. The van der Waals surface area contributed by atoms with Crippen molar-refractivity contribution in [2.75, 3.05) is 11.1 Å². The van der Waals surface area contributed by atoms with Crippen molar-refractivity contribution in [3.8, 4) is 0 Å². The molecule has 0 aliphatic rings. The van der Waals surface area contributed by atoms with E-state index < -0.39 is 0 Å². The van der Waals surface area contributed by atoms with Gasteiger partial charge in [0.15, 0.2) is 0 Å². The quantitative estimate of drug-likeness (QED) is 0.636. The summed E-state index contributed by atoms with van der Waals surface area (Å²) in [5, 5.41) is 3.42. The Labute approximate surface area is 147 Å². The number of benzene rings is 2. The molecule has 0 fully saturated rings. The lowest BCUT2D eigenvalue weighted by Gasteiger charge is -2.17. The molecule has 0 saturated carbocycles. The van der Waals surface area contributed by atoms with Gasteiger partial charge in [-0.3, -0.25) is 0 Å². The van der Waals surface area contributed by atoms with E-state index in [9.17, 15) is 0 Å². The monoisotopic (exact) mass is 324 g/mol. The molecule has 3 N–H and O–H groups in total. The maximum atomic E-state index is 5.80. The maximum Gasteiger partial charge on any atom is 0.0415 e. The molecular weight excluding hydrogens is 292 g/mol. The third-order valence-corrected chi connectivity index (χ3v) is 3.51. The van der Waals surface area contributed by atoms with Crippen LogP contribution in [0.3, 0.4) is 0 Å². The predicted molar refractivity (Wildman–Crippen MR) is 109 cm³/mol. The molecule has 0 unspecified atom stereocenters. The molecule has 2 rings (SSSR count). The van der Waals surface area contributed by atoms with Gasteiger partial charge < -0.3 is 11.1 Å². The molecule has 0 aliphatic heterocycles. The predicted octanol–water partition coefficient (Wildman–Crippen LogP) is 6.27. The van der Waals surface area contributed by atoms with Gasteiger partial charge in [-0.1, -0.05) is 65.0 Å². The number of nitrogens with one attached hydrogen (secondary N) is 1. The molecule has 0 atom stereocenters. The molecule has 0 aromatic heterocycles. The highest BCUT2D eigenvalue weighted by Crippen LogP contribution is 2.25. The number of hydrogen-bond acceptors (Lipinski definition) is 2. The van der Waals surface area contributed by atoms with Crippen LogP contribution in [0.2, 0.25) is 0 Å². The van der Waals surface area contributed by atoms with Gasteiger partial charge in [-0.15, -0.1) is 0 Å². The second-order valence-corrected chi connectivity index (χ2v) is 6.64. The van der Waals surface area contributed by atoms with Crippen molar-refractivity contribution in [3.05, 3.63) is 65.7 Å². The van der Waals surface area contributed by atoms with Crippen LogP contribution in [0.15, 0.2) is 49.0 Å². The summed E-state index contributed by atoms with van der Waals surface area (Å²) in [6, 6.07) is 14.3. The van der Waals surface area contributed by atoms with Crippen molar-refractivity contribution >= 4 is 17.1 Å². The van der Waals surface area contributed by atoms with Crippen LogP contribution in [-0.4, -0.2) is 0 Å². The average Bonchev–Trinajstić information content (AvgIpc) is 2.51. The summed E-state index contributed by atoms with van der Waals surface area (Å²) in [6.07, 6.45) is 2.30. The second-order valence-electron chi connectivity index (χ2n) is 6.64. The molecule has 0 aliphatic carbocycles. The summed E-state index contributed by atoms with van der Waals surface area (Å²) in [5.74, 6) is 0.622. The fourth-order valence-electron chi connectivity index (χ4n) is 2.49. The minimum atomic E-state index is 0.622. The highest BCUT2D eigenvalue weighted by atomic mass is 14.9. The Morgan fingerprint density at radius 2 is 1.75 bits per heavy atom. The van der Waals surface area contributed by atoms with Crippen LogP contribution in [0, 0.1) is 12.8 Å². The van der Waals surface area contributed by atoms with Gasteiger partial charge in [0, 0.05) is 22.6 Å². The third-order valence-electron chi connectivity index (χ3n) is 3.51. The molecular formula is C22H32N2. The van der Waals surface area contributed by atoms with Crippen molar-refractivity contribution < 1.29 is 0 Å². The average molecular weight is 325 g/mol. The summed E-state index contributed by atoms with van der Waals surface area (Å²) >= 11 is 0. The van der Waals surface area contributed by atoms with Crippen molar-refractivity contribution in [3.63, 3.8) is 0 Å². The van der Waals surface area contributed by atoms with E-state index in [0.29, 0.717) is 5.92 Å². The zero-order valence-electron chi connectivity index (χ0n) is 15.8. The van der Waals surface area contributed by atoms with E-state index in [4.69, 9.17) is 5.73 Å². The van der Waals surface area contributed by atoms with Gasteiger partial charge >= 0.3 is 0 Å². The Hall–Kier alpha value is -2.22. The van der Waals surface area contributed by atoms with E-state index in [1.807, 2.05) is 25.1 Å². The zero-order valence-corrected chi connectivity index (χ0v) is 15.8. The number of nitrogens with two attached hydrogens (primary N) is 1. The molecule has 130 valence electrons. The summed E-state index contributed by atoms with van der Waals surface area (Å²) < 4.78 is 0. The highest BCUT2D eigenvalue weighted by molar-refractivity contribution is 5.78. The van der Waals surface area contributed by atoms with E-state index in [1.165, 1.54) is 17.5 Å². The largest absolute Gasteiger partial charge is 0.399 e. The lowest BCUT2D eigenvalue weighted by molar-refractivity contribution is 0.646. The highest BCUT2D eigenvalue weighted by Gasteiger charge is 2.08. The minimum absolute atomic E-state index is 0.622. The minimum Gasteiger partial charge on any atom is -0.399 e. The van der Waals surface area contributed by atoms with Crippen molar-refractivity contribution in [2.24, 2.45) is 5.92 Å². The van der Waals surface area contributed by atoms with Crippen LogP contribution >= 0.6 is 0 Å². The Morgan fingerprint density at radius 1 is 1.12 bits per heavy atom. The first-order valence-electron chi connectivity index (χ1n) is 8.79. The first kappa shape index (κ1) is 19.8. The summed E-state index contributed by atoms with van der Waals surface area (Å²) in [4.78, 5) is 0. The lowest BCUT2D eigenvalue weighted by Crippen LogP contribution is -2.04. The number of nitrogen functional groups attached to an aromatic ring is 1. The second kappa shape index (κ2) is 9.82. The third kappa shape index (κ3) is 6.11. The van der Waals surface area contributed by atoms with Gasteiger partial charge in [0.25, 0.3) is 0 Å². The summed E-state index contributed by atoms with van der Waals surface area (Å²) in [5.41, 5.74) is 12.2. The lowest BCUT2D eigenvalue weighted by atomic mass is 9.96. The van der Waals surface area contributed by atoms with Gasteiger partial charge in [-0.2, -0.15) is 0 Å². The molecule has 2 nitrogen and oxygen atoms in total. The van der Waals surface area contributed by atoms with Gasteiger partial charge in [-0.25, -0.2) is 0 Å². The topological polar surface area (TPSA) is 38.0 Å². The van der Waals surface area contributed by atoms with Crippen LogP contribution in [0.5, 0.6) is 0 Å². The molecule has 0 heterocycles. The first-order chi connectivity index (χ1) is 11.4. The van der Waals surface area contributed by atoms with Gasteiger partial charge in [0.05, 0.1) is 0 Å². The van der Waals surface area contributed by atoms with Gasteiger partial charge in [-0.05, 0) is 48.6 Å². The van der Waals surface area contributed by atoms with E-state index in [0.717, 1.165) is 29.1 Å². The molecule has 2 aromatic carbocycles. The molecule has 0 saturated heterocycles. The van der Waals surface area contributed by atoms with Crippen LogP contribution in [0.1, 0.15) is 50.8 Å². The smallest absolute Gasteiger partial charge is 0.0415 e. The normalized spacial score (nSPS) is 10.1. The molecule has 0 amide bonds. The zero-order chi connectivity index (χ0) is 18.1. The van der Waals surface area contributed by atoms with E-state index in [2.05, 4.69) is 63.9 Å². The fraction of sp³-hybridized carbons (Fsp3) is 0.364. The summed E-state index contributed by atoms with van der Waals surface area (Å²) in [7, 11) is 0. The Balaban J connectivity index is 0.000000891. The van der Waals surface area contributed by atoms with Crippen molar-refractivity contribution in [2.45, 2.75) is 47.5 Å².